The Balaban J connectivity index is 2.14. The Hall–Kier alpha value is -2.01. The summed E-state index contributed by atoms with van der Waals surface area (Å²) in [6, 6.07) is 12.0. The fourth-order valence-electron chi connectivity index (χ4n) is 1.89. The van der Waals surface area contributed by atoms with Crippen LogP contribution in [0.4, 0.5) is 0 Å². The lowest BCUT2D eigenvalue weighted by Crippen LogP contribution is -2.01. The summed E-state index contributed by atoms with van der Waals surface area (Å²) in [4.78, 5) is 8.69. The topological polar surface area (TPSA) is 66.9 Å². The molecular formula is C13H8IN5. The SMILES string of the molecule is N#Cc1cn2nc(I)nc2c(Cc2ccccc2)n1. The molecule has 0 atom stereocenters. The van der Waals surface area contributed by atoms with E-state index in [4.69, 9.17) is 5.26 Å². The second-order valence-corrected chi connectivity index (χ2v) is 4.96. The minimum Gasteiger partial charge on any atom is -0.236 e. The van der Waals surface area contributed by atoms with Gasteiger partial charge >= 0.3 is 0 Å². The molecule has 0 N–H and O–H groups in total. The van der Waals surface area contributed by atoms with Crippen LogP contribution in [0.5, 0.6) is 0 Å². The van der Waals surface area contributed by atoms with Gasteiger partial charge in [0.05, 0.1) is 11.9 Å². The van der Waals surface area contributed by atoms with Crippen LogP contribution in [0.3, 0.4) is 0 Å². The predicted molar refractivity (Wildman–Crippen MR) is 77.5 cm³/mol. The number of fused-ring (bicyclic) bond motifs is 1. The number of benzene rings is 1. The number of hydrogen-bond acceptors (Lipinski definition) is 4. The smallest absolute Gasteiger partial charge is 0.212 e. The zero-order valence-electron chi connectivity index (χ0n) is 9.79. The van der Waals surface area contributed by atoms with E-state index in [1.54, 1.807) is 10.7 Å². The van der Waals surface area contributed by atoms with E-state index in [1.807, 2.05) is 30.3 Å². The van der Waals surface area contributed by atoms with Gasteiger partial charge in [0.25, 0.3) is 0 Å². The molecule has 0 radical (unpaired) electrons. The van der Waals surface area contributed by atoms with Crippen LogP contribution in [0.1, 0.15) is 17.0 Å². The number of nitrogens with zero attached hydrogens (tertiary/aromatic N) is 5. The van der Waals surface area contributed by atoms with Crippen LogP contribution in [0, 0.1) is 15.2 Å². The van der Waals surface area contributed by atoms with E-state index in [1.165, 1.54) is 0 Å². The summed E-state index contributed by atoms with van der Waals surface area (Å²) in [6.45, 7) is 0. The van der Waals surface area contributed by atoms with Crippen LogP contribution in [0.2, 0.25) is 0 Å². The Bertz CT molecular complexity index is 773. The molecule has 0 spiro atoms. The maximum atomic E-state index is 9.02. The number of rotatable bonds is 2. The Morgan fingerprint density at radius 2 is 2.00 bits per heavy atom. The van der Waals surface area contributed by atoms with Gasteiger partial charge in [-0.25, -0.2) is 14.5 Å². The molecule has 5 nitrogen and oxygen atoms in total. The molecule has 19 heavy (non-hydrogen) atoms. The molecule has 0 aliphatic rings. The molecule has 0 amide bonds. The normalized spacial score (nSPS) is 10.5. The second-order valence-electron chi connectivity index (χ2n) is 4.00. The zero-order valence-corrected chi connectivity index (χ0v) is 11.9. The van der Waals surface area contributed by atoms with Crippen LogP contribution in [-0.4, -0.2) is 19.6 Å². The van der Waals surface area contributed by atoms with Crippen molar-refractivity contribution in [1.82, 2.24) is 19.6 Å². The summed E-state index contributed by atoms with van der Waals surface area (Å²) in [6.07, 6.45) is 2.23. The Kier molecular flexibility index (Phi) is 3.13. The van der Waals surface area contributed by atoms with E-state index in [0.29, 0.717) is 21.6 Å². The van der Waals surface area contributed by atoms with Crippen molar-refractivity contribution in [1.29, 1.82) is 5.26 Å². The van der Waals surface area contributed by atoms with Gasteiger partial charge in [0.1, 0.15) is 6.07 Å². The van der Waals surface area contributed by atoms with Crippen molar-refractivity contribution in [2.45, 2.75) is 6.42 Å². The second kappa shape index (κ2) is 4.93. The molecule has 0 fully saturated rings. The van der Waals surface area contributed by atoms with Crippen molar-refractivity contribution in [3.63, 3.8) is 0 Å². The average molecular weight is 361 g/mol. The lowest BCUT2D eigenvalue weighted by molar-refractivity contribution is 0.903. The highest BCUT2D eigenvalue weighted by atomic mass is 127. The van der Waals surface area contributed by atoms with Crippen LogP contribution in [0.15, 0.2) is 36.5 Å². The van der Waals surface area contributed by atoms with Gasteiger partial charge in [-0.05, 0) is 5.56 Å². The zero-order chi connectivity index (χ0) is 13.2. The van der Waals surface area contributed by atoms with E-state index in [-0.39, 0.29) is 0 Å². The molecule has 3 rings (SSSR count). The van der Waals surface area contributed by atoms with Crippen molar-refractivity contribution in [3.05, 3.63) is 57.3 Å². The van der Waals surface area contributed by atoms with Crippen molar-refractivity contribution in [2.75, 3.05) is 0 Å². The fraction of sp³-hybridized carbons (Fsp3) is 0.0769. The van der Waals surface area contributed by atoms with Gasteiger partial charge in [0.2, 0.25) is 3.83 Å². The first-order chi connectivity index (χ1) is 9.26. The molecule has 0 unspecified atom stereocenters. The molecule has 0 aliphatic heterocycles. The Morgan fingerprint density at radius 3 is 2.74 bits per heavy atom. The van der Waals surface area contributed by atoms with Crippen molar-refractivity contribution in [2.24, 2.45) is 0 Å². The van der Waals surface area contributed by atoms with Crippen molar-refractivity contribution in [3.8, 4) is 6.07 Å². The first kappa shape index (κ1) is 12.0. The first-order valence-electron chi connectivity index (χ1n) is 5.62. The number of nitriles is 1. The highest BCUT2D eigenvalue weighted by Gasteiger charge is 2.11. The first-order valence-corrected chi connectivity index (χ1v) is 6.70. The highest BCUT2D eigenvalue weighted by Crippen LogP contribution is 2.14. The monoisotopic (exact) mass is 361 g/mol. The van der Waals surface area contributed by atoms with Crippen LogP contribution in [-0.2, 0) is 6.42 Å². The third kappa shape index (κ3) is 2.42. The molecule has 0 aliphatic carbocycles. The molecule has 6 heteroatoms. The summed E-state index contributed by atoms with van der Waals surface area (Å²) in [5.41, 5.74) is 2.94. The molecule has 0 saturated heterocycles. The molecule has 92 valence electrons. The summed E-state index contributed by atoms with van der Waals surface area (Å²) in [5, 5.41) is 13.2. The van der Waals surface area contributed by atoms with E-state index in [2.05, 4.69) is 43.7 Å². The van der Waals surface area contributed by atoms with E-state index >= 15 is 0 Å². The van der Waals surface area contributed by atoms with Gasteiger partial charge in [0.15, 0.2) is 11.3 Å². The minimum absolute atomic E-state index is 0.347. The Morgan fingerprint density at radius 1 is 1.21 bits per heavy atom. The fourth-order valence-corrected chi connectivity index (χ4v) is 2.35. The molecule has 1 aromatic carbocycles. The molecular weight excluding hydrogens is 353 g/mol. The van der Waals surface area contributed by atoms with Crippen LogP contribution in [0.25, 0.3) is 5.65 Å². The van der Waals surface area contributed by atoms with E-state index < -0.39 is 0 Å². The number of halogens is 1. The summed E-state index contributed by atoms with van der Waals surface area (Å²) < 4.78 is 2.26. The summed E-state index contributed by atoms with van der Waals surface area (Å²) in [7, 11) is 0. The van der Waals surface area contributed by atoms with Gasteiger partial charge in [-0.15, -0.1) is 5.10 Å². The highest BCUT2D eigenvalue weighted by molar-refractivity contribution is 14.1. The van der Waals surface area contributed by atoms with Gasteiger partial charge in [-0.2, -0.15) is 5.26 Å². The third-order valence-corrected chi connectivity index (χ3v) is 3.15. The van der Waals surface area contributed by atoms with Gasteiger partial charge < -0.3 is 0 Å². The molecule has 2 aromatic heterocycles. The Labute approximate surface area is 123 Å². The summed E-state index contributed by atoms with van der Waals surface area (Å²) >= 11 is 2.05. The minimum atomic E-state index is 0.347. The van der Waals surface area contributed by atoms with Crippen LogP contribution < -0.4 is 0 Å². The number of aromatic nitrogens is 4. The van der Waals surface area contributed by atoms with Gasteiger partial charge in [-0.1, -0.05) is 30.3 Å². The average Bonchev–Trinajstić information content (AvgIpc) is 2.80. The quantitative estimate of drug-likeness (QED) is 0.657. The lowest BCUT2D eigenvalue weighted by Gasteiger charge is -2.03. The van der Waals surface area contributed by atoms with E-state index in [9.17, 15) is 0 Å². The van der Waals surface area contributed by atoms with Crippen molar-refractivity contribution >= 4 is 28.2 Å². The molecule has 3 aromatic rings. The maximum absolute atomic E-state index is 9.02. The summed E-state index contributed by atoms with van der Waals surface area (Å²) in [5.74, 6) is 0. The van der Waals surface area contributed by atoms with Crippen molar-refractivity contribution < 1.29 is 0 Å². The maximum Gasteiger partial charge on any atom is 0.212 e. The standard InChI is InChI=1S/C13H8IN5/c14-13-17-12-11(6-9-4-2-1-3-5-9)16-10(7-15)8-19(12)18-13/h1-5,8H,6H2. The largest absolute Gasteiger partial charge is 0.236 e. The van der Waals surface area contributed by atoms with E-state index in [0.717, 1.165) is 11.3 Å². The predicted octanol–water partition coefficient (Wildman–Crippen LogP) is 2.19. The third-order valence-electron chi connectivity index (χ3n) is 2.69. The lowest BCUT2D eigenvalue weighted by atomic mass is 10.1. The number of hydrogen-bond donors (Lipinski definition) is 0. The molecule has 0 saturated carbocycles. The van der Waals surface area contributed by atoms with Gasteiger partial charge in [0, 0.05) is 29.0 Å². The van der Waals surface area contributed by atoms with Crippen LogP contribution >= 0.6 is 22.6 Å². The molecule has 0 bridgehead atoms. The molecule has 2 heterocycles. The van der Waals surface area contributed by atoms with Gasteiger partial charge in [-0.3, -0.25) is 0 Å².